The first kappa shape index (κ1) is 19.1. The van der Waals surface area contributed by atoms with Crippen LogP contribution in [0.15, 0.2) is 66.9 Å². The SMILES string of the molecule is O=C(Oc1ccccc1)c1cnc(N2CCC(C(=O)Nc3ccccc3)CC2)s1. The normalized spacial score (nSPS) is 14.4. The highest BCUT2D eigenvalue weighted by Gasteiger charge is 2.27. The lowest BCUT2D eigenvalue weighted by atomic mass is 9.96. The molecule has 2 heterocycles. The summed E-state index contributed by atoms with van der Waals surface area (Å²) in [5, 5.41) is 3.76. The van der Waals surface area contributed by atoms with Crippen molar-refractivity contribution in [1.29, 1.82) is 0 Å². The van der Waals surface area contributed by atoms with E-state index in [9.17, 15) is 9.59 Å². The van der Waals surface area contributed by atoms with Crippen molar-refractivity contribution >= 4 is 34.0 Å². The monoisotopic (exact) mass is 407 g/mol. The third-order valence-electron chi connectivity index (χ3n) is 4.83. The van der Waals surface area contributed by atoms with Crippen molar-refractivity contribution in [3.05, 3.63) is 71.7 Å². The number of thiazole rings is 1. The Morgan fingerprint density at radius 1 is 1.00 bits per heavy atom. The lowest BCUT2D eigenvalue weighted by Crippen LogP contribution is -2.38. The Morgan fingerprint density at radius 3 is 2.34 bits per heavy atom. The molecule has 1 saturated heterocycles. The number of hydrogen-bond acceptors (Lipinski definition) is 6. The molecule has 0 bridgehead atoms. The van der Waals surface area contributed by atoms with Crippen LogP contribution >= 0.6 is 11.3 Å². The Bertz CT molecular complexity index is 967. The Kier molecular flexibility index (Phi) is 5.86. The standard InChI is InChI=1S/C22H21N3O3S/c26-20(24-17-7-3-1-4-8-17)16-11-13-25(14-12-16)22-23-15-19(29-22)21(27)28-18-9-5-2-6-10-18/h1-10,15-16H,11-14H2,(H,24,26). The predicted molar refractivity (Wildman–Crippen MR) is 114 cm³/mol. The minimum absolute atomic E-state index is 0.0195. The average molecular weight is 407 g/mol. The van der Waals surface area contributed by atoms with Gasteiger partial charge in [-0.2, -0.15) is 0 Å². The number of rotatable bonds is 5. The fourth-order valence-corrected chi connectivity index (χ4v) is 4.09. The summed E-state index contributed by atoms with van der Waals surface area (Å²) in [6, 6.07) is 18.5. The molecule has 0 spiro atoms. The van der Waals surface area contributed by atoms with Crippen LogP contribution in [0, 0.1) is 5.92 Å². The van der Waals surface area contributed by atoms with Crippen LogP contribution in [0.1, 0.15) is 22.5 Å². The number of benzene rings is 2. The van der Waals surface area contributed by atoms with Gasteiger partial charge in [-0.3, -0.25) is 4.79 Å². The van der Waals surface area contributed by atoms with Crippen LogP contribution in [0.3, 0.4) is 0 Å². The molecule has 0 saturated carbocycles. The fourth-order valence-electron chi connectivity index (χ4n) is 3.25. The Balaban J connectivity index is 1.31. The zero-order chi connectivity index (χ0) is 20.1. The molecular weight excluding hydrogens is 386 g/mol. The molecule has 1 aliphatic heterocycles. The number of anilines is 2. The van der Waals surface area contributed by atoms with Crippen LogP contribution in [0.4, 0.5) is 10.8 Å². The van der Waals surface area contributed by atoms with Gasteiger partial charge in [0.2, 0.25) is 5.91 Å². The minimum Gasteiger partial charge on any atom is -0.422 e. The first-order valence-corrected chi connectivity index (χ1v) is 10.3. The highest BCUT2D eigenvalue weighted by Crippen LogP contribution is 2.28. The largest absolute Gasteiger partial charge is 0.422 e. The van der Waals surface area contributed by atoms with Gasteiger partial charge in [0.1, 0.15) is 10.6 Å². The molecule has 1 aromatic heterocycles. The molecule has 0 atom stereocenters. The predicted octanol–water partition coefficient (Wildman–Crippen LogP) is 4.22. The van der Waals surface area contributed by atoms with Gasteiger partial charge in [0.15, 0.2) is 5.13 Å². The van der Waals surface area contributed by atoms with Crippen LogP contribution in [0.25, 0.3) is 0 Å². The number of hydrogen-bond donors (Lipinski definition) is 1. The Labute approximate surface area is 173 Å². The van der Waals surface area contributed by atoms with Gasteiger partial charge < -0.3 is 15.0 Å². The van der Waals surface area contributed by atoms with E-state index in [1.165, 1.54) is 11.3 Å². The molecule has 7 heteroatoms. The topological polar surface area (TPSA) is 71.5 Å². The first-order chi connectivity index (χ1) is 14.2. The van der Waals surface area contributed by atoms with Crippen LogP contribution in [-0.4, -0.2) is 29.9 Å². The molecule has 1 fully saturated rings. The van der Waals surface area contributed by atoms with E-state index in [1.54, 1.807) is 18.3 Å². The quantitative estimate of drug-likeness (QED) is 0.507. The summed E-state index contributed by atoms with van der Waals surface area (Å²) in [5.74, 6) is 0.144. The molecule has 4 rings (SSSR count). The minimum atomic E-state index is -0.405. The highest BCUT2D eigenvalue weighted by molar-refractivity contribution is 7.17. The number of esters is 1. The zero-order valence-corrected chi connectivity index (χ0v) is 16.6. The number of nitrogens with zero attached hydrogens (tertiary/aromatic N) is 2. The molecule has 3 aromatic rings. The summed E-state index contributed by atoms with van der Waals surface area (Å²) in [6.07, 6.45) is 3.06. The summed E-state index contributed by atoms with van der Waals surface area (Å²) in [4.78, 5) is 31.7. The van der Waals surface area contributed by atoms with E-state index in [0.717, 1.165) is 36.8 Å². The lowest BCUT2D eigenvalue weighted by Gasteiger charge is -2.31. The molecule has 29 heavy (non-hydrogen) atoms. The third kappa shape index (κ3) is 4.81. The molecule has 0 radical (unpaired) electrons. The summed E-state index contributed by atoms with van der Waals surface area (Å²) in [7, 11) is 0. The van der Waals surface area contributed by atoms with E-state index < -0.39 is 5.97 Å². The summed E-state index contributed by atoms with van der Waals surface area (Å²) >= 11 is 1.32. The molecule has 6 nitrogen and oxygen atoms in total. The van der Waals surface area contributed by atoms with Crippen molar-refractivity contribution in [2.75, 3.05) is 23.3 Å². The maximum Gasteiger partial charge on any atom is 0.355 e. The van der Waals surface area contributed by atoms with Crippen LogP contribution in [0.5, 0.6) is 5.75 Å². The highest BCUT2D eigenvalue weighted by atomic mass is 32.1. The molecule has 2 aromatic carbocycles. The van der Waals surface area contributed by atoms with Crippen molar-refractivity contribution in [2.24, 2.45) is 5.92 Å². The van der Waals surface area contributed by atoms with E-state index in [4.69, 9.17) is 4.74 Å². The number of carbonyl (C=O) groups excluding carboxylic acids is 2. The summed E-state index contributed by atoms with van der Waals surface area (Å²) < 4.78 is 5.37. The maximum absolute atomic E-state index is 12.5. The molecule has 0 aliphatic carbocycles. The van der Waals surface area contributed by atoms with Crippen molar-refractivity contribution < 1.29 is 14.3 Å². The molecule has 0 unspecified atom stereocenters. The van der Waals surface area contributed by atoms with E-state index in [1.807, 2.05) is 48.5 Å². The zero-order valence-electron chi connectivity index (χ0n) is 15.8. The molecule has 1 N–H and O–H groups in total. The van der Waals surface area contributed by atoms with Gasteiger partial charge in [-0.15, -0.1) is 0 Å². The van der Waals surface area contributed by atoms with Crippen LogP contribution < -0.4 is 15.0 Å². The van der Waals surface area contributed by atoms with E-state index in [-0.39, 0.29) is 11.8 Å². The Hall–Kier alpha value is -3.19. The van der Waals surface area contributed by atoms with E-state index in [2.05, 4.69) is 15.2 Å². The van der Waals surface area contributed by atoms with Gasteiger partial charge in [0, 0.05) is 24.7 Å². The van der Waals surface area contributed by atoms with E-state index >= 15 is 0 Å². The first-order valence-electron chi connectivity index (χ1n) is 9.53. The molecule has 148 valence electrons. The van der Waals surface area contributed by atoms with Gasteiger partial charge in [-0.25, -0.2) is 9.78 Å². The number of ether oxygens (including phenoxy) is 1. The van der Waals surface area contributed by atoms with Crippen molar-refractivity contribution in [3.63, 3.8) is 0 Å². The van der Waals surface area contributed by atoms with Gasteiger partial charge >= 0.3 is 5.97 Å². The molecule has 1 amide bonds. The van der Waals surface area contributed by atoms with Crippen molar-refractivity contribution in [2.45, 2.75) is 12.8 Å². The van der Waals surface area contributed by atoms with Gasteiger partial charge in [-0.1, -0.05) is 47.7 Å². The summed E-state index contributed by atoms with van der Waals surface area (Å²) in [6.45, 7) is 1.46. The summed E-state index contributed by atoms with van der Waals surface area (Å²) in [5.41, 5.74) is 0.821. The number of amides is 1. The van der Waals surface area contributed by atoms with Crippen molar-refractivity contribution in [3.8, 4) is 5.75 Å². The maximum atomic E-state index is 12.5. The Morgan fingerprint density at radius 2 is 1.66 bits per heavy atom. The second-order valence-corrected chi connectivity index (χ2v) is 7.84. The van der Waals surface area contributed by atoms with Gasteiger partial charge in [0.05, 0.1) is 6.20 Å². The van der Waals surface area contributed by atoms with Gasteiger partial charge in [0.25, 0.3) is 0 Å². The number of piperidine rings is 1. The lowest BCUT2D eigenvalue weighted by molar-refractivity contribution is -0.120. The van der Waals surface area contributed by atoms with E-state index in [0.29, 0.717) is 10.6 Å². The number of para-hydroxylation sites is 2. The second kappa shape index (κ2) is 8.87. The molecule has 1 aliphatic rings. The van der Waals surface area contributed by atoms with Gasteiger partial charge in [-0.05, 0) is 37.1 Å². The smallest absolute Gasteiger partial charge is 0.355 e. The molecular formula is C22H21N3O3S. The fraction of sp³-hybridized carbons (Fsp3) is 0.227. The van der Waals surface area contributed by atoms with Crippen LogP contribution in [0.2, 0.25) is 0 Å². The number of nitrogens with one attached hydrogen (secondary N) is 1. The van der Waals surface area contributed by atoms with Crippen LogP contribution in [-0.2, 0) is 4.79 Å². The number of aromatic nitrogens is 1. The average Bonchev–Trinajstić information content (AvgIpc) is 3.26. The number of carbonyl (C=O) groups is 2. The second-order valence-electron chi connectivity index (χ2n) is 6.83. The third-order valence-corrected chi connectivity index (χ3v) is 5.86. The van der Waals surface area contributed by atoms with Crippen molar-refractivity contribution in [1.82, 2.24) is 4.98 Å².